The zero-order valence-electron chi connectivity index (χ0n) is 22.8. The first-order valence-corrected chi connectivity index (χ1v) is 27.3. The first-order chi connectivity index (χ1) is 18.7. The van der Waals surface area contributed by atoms with Crippen LogP contribution in [0.25, 0.3) is 12.2 Å². The number of benzene rings is 4. The topological polar surface area (TPSA) is 0 Å². The van der Waals surface area contributed by atoms with Crippen molar-refractivity contribution in [2.24, 2.45) is 0 Å². The molecular weight excluding hydrogens is 552 g/mol. The van der Waals surface area contributed by atoms with Crippen molar-refractivity contribution in [2.75, 3.05) is 0 Å². The van der Waals surface area contributed by atoms with E-state index in [1.165, 1.54) is 31.5 Å². The van der Waals surface area contributed by atoms with E-state index in [2.05, 4.69) is 147 Å². The van der Waals surface area contributed by atoms with Gasteiger partial charge in [0.25, 0.3) is 0 Å². The molecule has 38 heavy (non-hydrogen) atoms. The summed E-state index contributed by atoms with van der Waals surface area (Å²) in [5, 5.41) is 0. The second-order valence-electron chi connectivity index (χ2n) is 11.7. The summed E-state index contributed by atoms with van der Waals surface area (Å²) < 4.78 is 3.71. The molecule has 0 spiro atoms. The molecule has 2 heteroatoms. The minimum atomic E-state index is -4.03. The van der Waals surface area contributed by atoms with Crippen molar-refractivity contribution >= 4 is 18.1 Å². The van der Waals surface area contributed by atoms with E-state index in [4.69, 9.17) is 0 Å². The number of allylic oxidation sites excluding steroid dienone is 2. The van der Waals surface area contributed by atoms with Gasteiger partial charge in [-0.1, -0.05) is 0 Å². The third-order valence-corrected chi connectivity index (χ3v) is 59.0. The maximum atomic E-state index is 2.70. The molecule has 191 valence electrons. The van der Waals surface area contributed by atoms with Gasteiger partial charge < -0.3 is 0 Å². The minimum absolute atomic E-state index is 0.561. The third-order valence-electron chi connectivity index (χ3n) is 10.2. The van der Waals surface area contributed by atoms with Gasteiger partial charge in [-0.3, -0.25) is 0 Å². The van der Waals surface area contributed by atoms with Gasteiger partial charge in [0.1, 0.15) is 0 Å². The summed E-state index contributed by atoms with van der Waals surface area (Å²) in [4.78, 5) is 0. The first kappa shape index (κ1) is 25.7. The molecule has 4 aromatic carbocycles. The van der Waals surface area contributed by atoms with Crippen LogP contribution in [0.2, 0.25) is 12.1 Å². The molecule has 0 N–H and O–H groups in total. The molecule has 2 unspecified atom stereocenters. The van der Waals surface area contributed by atoms with Crippen LogP contribution < -0.4 is 0 Å². The van der Waals surface area contributed by atoms with Crippen LogP contribution in [0.3, 0.4) is 0 Å². The van der Waals surface area contributed by atoms with Crippen LogP contribution in [-0.2, 0) is 26.2 Å². The molecule has 0 fully saturated rings. The summed E-state index contributed by atoms with van der Waals surface area (Å²) in [6.45, 7) is 5.08. The second-order valence-corrected chi connectivity index (χ2v) is 44.1. The summed E-state index contributed by atoms with van der Waals surface area (Å²) in [5.41, 5.74) is 9.25. The predicted octanol–water partition coefficient (Wildman–Crippen LogP) is 9.38. The van der Waals surface area contributed by atoms with E-state index in [9.17, 15) is 0 Å². The van der Waals surface area contributed by atoms with E-state index in [1.54, 1.807) is 22.3 Å². The van der Waals surface area contributed by atoms with Crippen molar-refractivity contribution in [2.45, 2.75) is 41.4 Å². The fourth-order valence-electron chi connectivity index (χ4n) is 8.81. The molecule has 0 saturated heterocycles. The summed E-state index contributed by atoms with van der Waals surface area (Å²) in [5.74, 6) is -1.24. The third kappa shape index (κ3) is 4.04. The Labute approximate surface area is 230 Å². The SMILES string of the molecule is CC[SiH](CC)[Zr]([CH2]c1ccccc1)([CH2]c1ccccc1)([CH]1C=Cc2ccccc21)[CH]1C=Cc2ccccc21. The van der Waals surface area contributed by atoms with Gasteiger partial charge >= 0.3 is 232 Å². The van der Waals surface area contributed by atoms with Gasteiger partial charge in [-0.2, -0.15) is 0 Å². The van der Waals surface area contributed by atoms with Gasteiger partial charge in [-0.15, -0.1) is 0 Å². The van der Waals surface area contributed by atoms with Crippen molar-refractivity contribution in [3.05, 3.63) is 155 Å². The zero-order valence-corrected chi connectivity index (χ0v) is 26.4. The fraction of sp³-hybridized carbons (Fsp3) is 0.222. The Morgan fingerprint density at radius 2 is 0.921 bits per heavy atom. The Morgan fingerprint density at radius 1 is 0.526 bits per heavy atom. The average Bonchev–Trinajstić information content (AvgIpc) is 3.61. The monoisotopic (exact) mass is 589 g/mol. The summed E-state index contributed by atoms with van der Waals surface area (Å²) >= 11 is -4.03. The molecule has 0 amide bonds. The van der Waals surface area contributed by atoms with Crippen LogP contribution in [-0.4, -0.2) is 5.92 Å². The van der Waals surface area contributed by atoms with Gasteiger partial charge in [-0.05, 0) is 0 Å². The molecule has 0 bridgehead atoms. The number of hydrogen-bond acceptors (Lipinski definition) is 0. The Balaban J connectivity index is 1.74. The van der Waals surface area contributed by atoms with Crippen LogP contribution in [0.1, 0.15) is 54.5 Å². The molecule has 2 atom stereocenters. The zero-order chi connectivity index (χ0) is 26.0. The normalized spacial score (nSPS) is 18.8. The Kier molecular flexibility index (Phi) is 7.14. The van der Waals surface area contributed by atoms with E-state index in [0.29, 0.717) is 7.25 Å². The van der Waals surface area contributed by atoms with Crippen molar-refractivity contribution < 1.29 is 17.9 Å². The van der Waals surface area contributed by atoms with Crippen LogP contribution in [0.15, 0.2) is 121 Å². The predicted molar refractivity (Wildman–Crippen MR) is 165 cm³/mol. The molecule has 2 aliphatic rings. The van der Waals surface area contributed by atoms with Crippen LogP contribution in [0, 0.1) is 0 Å². The van der Waals surface area contributed by atoms with E-state index < -0.39 is 23.9 Å². The fourth-order valence-corrected chi connectivity index (χ4v) is 64.1. The standard InChI is InChI=1S/2C9H7.2C7H7.C4H11Si.Zr/c2*1-2-5-9-7-3-6-8(9)4-1;2*1-7-5-3-2-4-6-7;1-3-5-4-2;/h2*1-7H;2*2-6H,1H2;5H,3-4H2,1-2H3;. The second kappa shape index (κ2) is 10.6. The van der Waals surface area contributed by atoms with E-state index in [-0.39, 0.29) is 0 Å². The molecule has 0 nitrogen and oxygen atoms in total. The van der Waals surface area contributed by atoms with Crippen molar-refractivity contribution in [1.29, 1.82) is 0 Å². The molecule has 2 aliphatic carbocycles. The van der Waals surface area contributed by atoms with Gasteiger partial charge in [-0.25, -0.2) is 0 Å². The molecule has 0 aliphatic heterocycles. The Morgan fingerprint density at radius 3 is 1.34 bits per heavy atom. The molecule has 0 heterocycles. The molecule has 4 aromatic rings. The van der Waals surface area contributed by atoms with E-state index in [0.717, 1.165) is 0 Å². The van der Waals surface area contributed by atoms with Crippen molar-refractivity contribution in [3.63, 3.8) is 0 Å². The summed E-state index contributed by atoms with van der Waals surface area (Å²) in [7, 11) is 0. The first-order valence-electron chi connectivity index (χ1n) is 14.5. The molecule has 0 radical (unpaired) electrons. The quantitative estimate of drug-likeness (QED) is 0.170. The van der Waals surface area contributed by atoms with E-state index in [1.807, 2.05) is 0 Å². The average molecular weight is 591 g/mol. The number of rotatable bonds is 9. The van der Waals surface area contributed by atoms with Gasteiger partial charge in [0, 0.05) is 0 Å². The van der Waals surface area contributed by atoms with Crippen LogP contribution >= 0.6 is 0 Å². The Hall–Kier alpha value is -2.54. The molecule has 0 aromatic heterocycles. The van der Waals surface area contributed by atoms with Gasteiger partial charge in [0.05, 0.1) is 0 Å². The van der Waals surface area contributed by atoms with Gasteiger partial charge in [0.2, 0.25) is 0 Å². The van der Waals surface area contributed by atoms with Crippen LogP contribution in [0.4, 0.5) is 0 Å². The van der Waals surface area contributed by atoms with E-state index >= 15 is 0 Å². The van der Waals surface area contributed by atoms with Crippen LogP contribution in [0.5, 0.6) is 0 Å². The summed E-state index contributed by atoms with van der Waals surface area (Å²) in [6.07, 6.45) is 10.3. The number of fused-ring (bicyclic) bond motifs is 2. The van der Waals surface area contributed by atoms with Crippen molar-refractivity contribution in [3.8, 4) is 0 Å². The Bertz CT molecular complexity index is 1360. The molecule has 0 saturated carbocycles. The van der Waals surface area contributed by atoms with Crippen molar-refractivity contribution in [1.82, 2.24) is 0 Å². The number of hydrogen-bond donors (Lipinski definition) is 0. The van der Waals surface area contributed by atoms with Gasteiger partial charge in [0.15, 0.2) is 0 Å². The molecule has 6 rings (SSSR count). The summed E-state index contributed by atoms with van der Waals surface area (Å²) in [6, 6.07) is 44.7. The maximum absolute atomic E-state index is 4.03. The molecular formula is C36H39SiZr.